The van der Waals surface area contributed by atoms with Gasteiger partial charge in [-0.05, 0) is 51.1 Å². The molecular weight excluding hydrogens is 366 g/mol. The van der Waals surface area contributed by atoms with E-state index in [1.807, 2.05) is 43.5 Å². The van der Waals surface area contributed by atoms with Crippen LogP contribution in [0.2, 0.25) is 0 Å². The van der Waals surface area contributed by atoms with Gasteiger partial charge in [0.15, 0.2) is 5.69 Å². The second-order valence-electron chi connectivity index (χ2n) is 6.44. The average molecular weight is 388 g/mol. The van der Waals surface area contributed by atoms with E-state index in [0.29, 0.717) is 17.4 Å². The minimum atomic E-state index is -0.276. The fourth-order valence-electron chi connectivity index (χ4n) is 3.15. The zero-order chi connectivity index (χ0) is 17.9. The number of aryl methyl sites for hydroxylation is 1. The highest BCUT2D eigenvalue weighted by molar-refractivity contribution is 6.03. The van der Waals surface area contributed by atoms with Gasteiger partial charge in [-0.25, -0.2) is 9.36 Å². The van der Waals surface area contributed by atoms with Crippen molar-refractivity contribution >= 4 is 24.0 Å². The fourth-order valence-corrected chi connectivity index (χ4v) is 3.15. The Kier molecular flexibility index (Phi) is 5.88. The second-order valence-corrected chi connectivity index (χ2v) is 6.44. The third kappa shape index (κ3) is 4.17. The van der Waals surface area contributed by atoms with Crippen LogP contribution in [0, 0.1) is 6.92 Å². The molecule has 0 spiro atoms. The zero-order valence-corrected chi connectivity index (χ0v) is 15.8. The molecule has 3 heterocycles. The Morgan fingerprint density at radius 3 is 2.74 bits per heavy atom. The van der Waals surface area contributed by atoms with Crippen LogP contribution >= 0.6 is 12.4 Å². The van der Waals surface area contributed by atoms with Crippen LogP contribution in [-0.4, -0.2) is 43.8 Å². The third-order valence-electron chi connectivity index (χ3n) is 4.55. The van der Waals surface area contributed by atoms with Crippen LogP contribution in [0.1, 0.15) is 35.1 Å². The maximum atomic E-state index is 12.6. The standard InChI is InChI=1S/C18H21N7O.ClH/c1-13-8-11-24(22-13)17-5-3-2-4-15(17)20-18(26)16-12-25(23-21-16)14-6-9-19-10-7-14;/h2-5,8,11-12,14,19H,6-7,9-10H2,1H3,(H,20,26);1H. The molecule has 2 aromatic heterocycles. The molecule has 0 bridgehead atoms. The highest BCUT2D eigenvalue weighted by Gasteiger charge is 2.19. The Hall–Kier alpha value is -2.71. The summed E-state index contributed by atoms with van der Waals surface area (Å²) >= 11 is 0. The van der Waals surface area contributed by atoms with Gasteiger partial charge in [-0.15, -0.1) is 17.5 Å². The van der Waals surface area contributed by atoms with Crippen molar-refractivity contribution in [1.82, 2.24) is 30.1 Å². The molecule has 2 N–H and O–H groups in total. The highest BCUT2D eigenvalue weighted by atomic mass is 35.5. The average Bonchev–Trinajstić information content (AvgIpc) is 3.32. The van der Waals surface area contributed by atoms with E-state index in [0.717, 1.165) is 37.3 Å². The summed E-state index contributed by atoms with van der Waals surface area (Å²) in [5, 5.41) is 18.9. The minimum absolute atomic E-state index is 0. The summed E-state index contributed by atoms with van der Waals surface area (Å²) < 4.78 is 3.55. The van der Waals surface area contributed by atoms with Gasteiger partial charge in [0, 0.05) is 6.20 Å². The molecule has 1 saturated heterocycles. The second kappa shape index (κ2) is 8.32. The molecule has 0 atom stereocenters. The molecule has 4 rings (SSSR count). The van der Waals surface area contributed by atoms with Crippen molar-refractivity contribution in [3.8, 4) is 5.69 Å². The Bertz CT molecular complexity index is 914. The molecule has 3 aromatic rings. The van der Waals surface area contributed by atoms with Crippen molar-refractivity contribution < 1.29 is 4.79 Å². The molecule has 0 saturated carbocycles. The molecule has 1 aliphatic rings. The van der Waals surface area contributed by atoms with E-state index >= 15 is 0 Å². The summed E-state index contributed by atoms with van der Waals surface area (Å²) in [7, 11) is 0. The predicted molar refractivity (Wildman–Crippen MR) is 105 cm³/mol. The van der Waals surface area contributed by atoms with E-state index in [9.17, 15) is 4.79 Å². The van der Waals surface area contributed by atoms with Crippen LogP contribution in [0.5, 0.6) is 0 Å². The van der Waals surface area contributed by atoms with Gasteiger partial charge < -0.3 is 10.6 Å². The number of anilines is 1. The van der Waals surface area contributed by atoms with Gasteiger partial charge in [0.1, 0.15) is 0 Å². The number of aromatic nitrogens is 5. The summed E-state index contributed by atoms with van der Waals surface area (Å²) in [6.45, 7) is 3.85. The number of hydrogen-bond donors (Lipinski definition) is 2. The Morgan fingerprint density at radius 1 is 1.22 bits per heavy atom. The van der Waals surface area contributed by atoms with Gasteiger partial charge in [-0.1, -0.05) is 17.3 Å². The number of amides is 1. The molecule has 1 aliphatic heterocycles. The third-order valence-corrected chi connectivity index (χ3v) is 4.55. The molecule has 27 heavy (non-hydrogen) atoms. The SMILES string of the molecule is Cc1ccn(-c2ccccc2NC(=O)c2cn(C3CCNCC3)nn2)n1.Cl. The summed E-state index contributed by atoms with van der Waals surface area (Å²) in [4.78, 5) is 12.6. The summed E-state index contributed by atoms with van der Waals surface area (Å²) in [6.07, 6.45) is 5.58. The van der Waals surface area contributed by atoms with E-state index in [1.165, 1.54) is 0 Å². The van der Waals surface area contributed by atoms with Gasteiger partial charge in [0.25, 0.3) is 5.91 Å². The smallest absolute Gasteiger partial charge is 0.277 e. The molecular formula is C18H22ClN7O. The van der Waals surface area contributed by atoms with Gasteiger partial charge in [-0.3, -0.25) is 4.79 Å². The van der Waals surface area contributed by atoms with E-state index < -0.39 is 0 Å². The predicted octanol–water partition coefficient (Wildman–Crippen LogP) is 2.37. The first-order chi connectivity index (χ1) is 12.7. The number of carbonyl (C=O) groups excluding carboxylic acids is 1. The number of piperidine rings is 1. The number of halogens is 1. The molecule has 1 fully saturated rings. The van der Waals surface area contributed by atoms with Crippen LogP contribution in [0.4, 0.5) is 5.69 Å². The molecule has 0 aliphatic carbocycles. The maximum Gasteiger partial charge on any atom is 0.277 e. The largest absolute Gasteiger partial charge is 0.319 e. The van der Waals surface area contributed by atoms with Crippen molar-refractivity contribution in [3.05, 3.63) is 54.1 Å². The Labute approximate surface area is 163 Å². The molecule has 0 unspecified atom stereocenters. The molecule has 1 amide bonds. The van der Waals surface area contributed by atoms with E-state index in [1.54, 1.807) is 15.6 Å². The lowest BCUT2D eigenvalue weighted by Gasteiger charge is -2.22. The van der Waals surface area contributed by atoms with Crippen molar-refractivity contribution in [3.63, 3.8) is 0 Å². The lowest BCUT2D eigenvalue weighted by molar-refractivity contribution is 0.102. The topological polar surface area (TPSA) is 89.7 Å². The normalized spacial score (nSPS) is 14.6. The van der Waals surface area contributed by atoms with Crippen LogP contribution < -0.4 is 10.6 Å². The Balaban J connectivity index is 0.00000210. The molecule has 1 aromatic carbocycles. The van der Waals surface area contributed by atoms with Gasteiger partial charge in [0.2, 0.25) is 0 Å². The molecule has 8 nitrogen and oxygen atoms in total. The highest BCUT2D eigenvalue weighted by Crippen LogP contribution is 2.21. The van der Waals surface area contributed by atoms with Gasteiger partial charge in [0.05, 0.1) is 29.3 Å². The number of nitrogens with zero attached hydrogens (tertiary/aromatic N) is 5. The first-order valence-corrected chi connectivity index (χ1v) is 8.76. The van der Waals surface area contributed by atoms with Gasteiger partial charge >= 0.3 is 0 Å². The van der Waals surface area contributed by atoms with Crippen molar-refractivity contribution in [2.45, 2.75) is 25.8 Å². The molecule has 0 radical (unpaired) electrons. The van der Waals surface area contributed by atoms with Crippen LogP contribution in [0.25, 0.3) is 5.69 Å². The van der Waals surface area contributed by atoms with E-state index in [4.69, 9.17) is 0 Å². The number of nitrogens with one attached hydrogen (secondary N) is 2. The monoisotopic (exact) mass is 387 g/mol. The van der Waals surface area contributed by atoms with E-state index in [-0.39, 0.29) is 18.3 Å². The number of rotatable bonds is 4. The lowest BCUT2D eigenvalue weighted by Crippen LogP contribution is -2.29. The number of carbonyl (C=O) groups is 1. The maximum absolute atomic E-state index is 12.6. The van der Waals surface area contributed by atoms with Crippen LogP contribution in [0.3, 0.4) is 0 Å². The van der Waals surface area contributed by atoms with Gasteiger partial charge in [-0.2, -0.15) is 5.10 Å². The number of para-hydroxylation sites is 2. The minimum Gasteiger partial charge on any atom is -0.319 e. The summed E-state index contributed by atoms with van der Waals surface area (Å²) in [5.41, 5.74) is 2.71. The summed E-state index contributed by atoms with van der Waals surface area (Å²) in [5.74, 6) is -0.276. The van der Waals surface area contributed by atoms with Crippen molar-refractivity contribution in [2.24, 2.45) is 0 Å². The quantitative estimate of drug-likeness (QED) is 0.717. The first-order valence-electron chi connectivity index (χ1n) is 8.76. The van der Waals surface area contributed by atoms with Crippen molar-refractivity contribution in [2.75, 3.05) is 18.4 Å². The fraction of sp³-hybridized carbons (Fsp3) is 0.333. The van der Waals surface area contributed by atoms with Crippen LogP contribution in [0.15, 0.2) is 42.7 Å². The van der Waals surface area contributed by atoms with Crippen LogP contribution in [-0.2, 0) is 0 Å². The molecule has 9 heteroatoms. The Morgan fingerprint density at radius 2 is 2.00 bits per heavy atom. The van der Waals surface area contributed by atoms with Crippen molar-refractivity contribution in [1.29, 1.82) is 0 Å². The summed E-state index contributed by atoms with van der Waals surface area (Å²) in [6, 6.07) is 9.76. The lowest BCUT2D eigenvalue weighted by atomic mass is 10.1. The number of benzene rings is 1. The zero-order valence-electron chi connectivity index (χ0n) is 15.0. The van der Waals surface area contributed by atoms with E-state index in [2.05, 4.69) is 26.0 Å². The first kappa shape index (κ1) is 19.1. The molecule has 142 valence electrons. The number of hydrogen-bond acceptors (Lipinski definition) is 5.